The summed E-state index contributed by atoms with van der Waals surface area (Å²) < 4.78 is 18.7. The van der Waals surface area contributed by atoms with Gasteiger partial charge in [-0.25, -0.2) is 9.18 Å². The molecule has 0 aromatic heterocycles. The van der Waals surface area contributed by atoms with Crippen molar-refractivity contribution in [2.45, 2.75) is 19.4 Å². The normalized spacial score (nSPS) is 14.9. The molecular formula is C24H19FN2O4. The topological polar surface area (TPSA) is 84.5 Å². The fourth-order valence-electron chi connectivity index (χ4n) is 3.44. The zero-order valence-corrected chi connectivity index (χ0v) is 16.6. The Morgan fingerprint density at radius 3 is 2.23 bits per heavy atom. The summed E-state index contributed by atoms with van der Waals surface area (Å²) in [5.74, 6) is -1.35. The molecule has 1 aliphatic heterocycles. The Kier molecular flexibility index (Phi) is 5.49. The molecule has 31 heavy (non-hydrogen) atoms. The highest BCUT2D eigenvalue weighted by atomic mass is 19.1. The number of ether oxygens (including phenoxy) is 1. The standard InChI is InChI=1S/C24H19FN2O4/c1-14(28)26-19-7-9-20(10-8-19)27-23(29)16-4-11-21-17(12-16)13-22(31-24(21)30)15-2-5-18(25)6-3-15/h2-12,22H,13H2,1H3,(H,26,28)(H,27,29)/t22-/m1/s1. The van der Waals surface area contributed by atoms with Crippen LogP contribution in [0.3, 0.4) is 0 Å². The minimum Gasteiger partial charge on any atom is -0.454 e. The van der Waals surface area contributed by atoms with E-state index in [0.717, 1.165) is 0 Å². The van der Waals surface area contributed by atoms with Crippen molar-refractivity contribution in [3.63, 3.8) is 0 Å². The van der Waals surface area contributed by atoms with Crippen LogP contribution in [0.2, 0.25) is 0 Å². The average Bonchev–Trinajstić information content (AvgIpc) is 2.75. The van der Waals surface area contributed by atoms with Gasteiger partial charge in [0.15, 0.2) is 0 Å². The highest BCUT2D eigenvalue weighted by Crippen LogP contribution is 2.31. The van der Waals surface area contributed by atoms with Gasteiger partial charge in [0.05, 0.1) is 5.56 Å². The summed E-state index contributed by atoms with van der Waals surface area (Å²) in [5.41, 5.74) is 3.39. The van der Waals surface area contributed by atoms with Gasteiger partial charge in [0.1, 0.15) is 11.9 Å². The molecule has 0 bridgehead atoms. The van der Waals surface area contributed by atoms with E-state index in [2.05, 4.69) is 10.6 Å². The van der Waals surface area contributed by atoms with Gasteiger partial charge in [0.25, 0.3) is 5.91 Å². The lowest BCUT2D eigenvalue weighted by molar-refractivity contribution is -0.114. The van der Waals surface area contributed by atoms with Gasteiger partial charge in [0, 0.05) is 30.3 Å². The third kappa shape index (κ3) is 4.61. The smallest absolute Gasteiger partial charge is 0.339 e. The quantitative estimate of drug-likeness (QED) is 0.612. The zero-order valence-electron chi connectivity index (χ0n) is 16.6. The molecule has 156 valence electrons. The van der Waals surface area contributed by atoms with Crippen LogP contribution in [0.5, 0.6) is 0 Å². The number of carbonyl (C=O) groups is 3. The number of anilines is 2. The second-order valence-electron chi connectivity index (χ2n) is 7.23. The molecule has 4 rings (SSSR count). The summed E-state index contributed by atoms with van der Waals surface area (Å²) in [7, 11) is 0. The Hall–Kier alpha value is -4.00. The van der Waals surface area contributed by atoms with Crippen LogP contribution in [0, 0.1) is 5.82 Å². The van der Waals surface area contributed by atoms with Crippen LogP contribution in [0.4, 0.5) is 15.8 Å². The van der Waals surface area contributed by atoms with Crippen LogP contribution < -0.4 is 10.6 Å². The van der Waals surface area contributed by atoms with Crippen molar-refractivity contribution in [3.05, 3.63) is 94.8 Å². The molecule has 0 radical (unpaired) electrons. The minimum absolute atomic E-state index is 0.177. The van der Waals surface area contributed by atoms with Crippen LogP contribution >= 0.6 is 0 Å². The Morgan fingerprint density at radius 1 is 0.935 bits per heavy atom. The van der Waals surface area contributed by atoms with Crippen molar-refractivity contribution in [2.24, 2.45) is 0 Å². The van der Waals surface area contributed by atoms with Gasteiger partial charge in [-0.05, 0) is 65.7 Å². The van der Waals surface area contributed by atoms with Crippen LogP contribution in [0.15, 0.2) is 66.7 Å². The molecule has 0 aliphatic carbocycles. The molecule has 2 N–H and O–H groups in total. The molecule has 0 saturated carbocycles. The molecule has 1 atom stereocenters. The largest absolute Gasteiger partial charge is 0.454 e. The van der Waals surface area contributed by atoms with Crippen molar-refractivity contribution in [1.82, 2.24) is 0 Å². The summed E-state index contributed by atoms with van der Waals surface area (Å²) in [6.07, 6.45) is -0.153. The van der Waals surface area contributed by atoms with Gasteiger partial charge in [-0.15, -0.1) is 0 Å². The zero-order chi connectivity index (χ0) is 22.0. The van der Waals surface area contributed by atoms with Crippen molar-refractivity contribution in [3.8, 4) is 0 Å². The molecule has 3 aromatic rings. The Bertz CT molecular complexity index is 1160. The highest BCUT2D eigenvalue weighted by molar-refractivity contribution is 6.05. The number of esters is 1. The van der Waals surface area contributed by atoms with E-state index in [1.54, 1.807) is 54.6 Å². The monoisotopic (exact) mass is 418 g/mol. The SMILES string of the molecule is CC(=O)Nc1ccc(NC(=O)c2ccc3c(c2)C[C@H](c2ccc(F)cc2)OC3=O)cc1. The van der Waals surface area contributed by atoms with Crippen LogP contribution in [-0.4, -0.2) is 17.8 Å². The highest BCUT2D eigenvalue weighted by Gasteiger charge is 2.28. The number of carbonyl (C=O) groups excluding carboxylic acids is 3. The lowest BCUT2D eigenvalue weighted by atomic mass is 9.93. The molecular weight excluding hydrogens is 399 g/mol. The van der Waals surface area contributed by atoms with E-state index in [-0.39, 0.29) is 17.6 Å². The Morgan fingerprint density at radius 2 is 1.58 bits per heavy atom. The fourth-order valence-corrected chi connectivity index (χ4v) is 3.44. The van der Waals surface area contributed by atoms with Crippen molar-refractivity contribution in [1.29, 1.82) is 0 Å². The van der Waals surface area contributed by atoms with E-state index < -0.39 is 12.1 Å². The van der Waals surface area contributed by atoms with E-state index >= 15 is 0 Å². The number of halogens is 1. The van der Waals surface area contributed by atoms with E-state index in [1.807, 2.05) is 0 Å². The molecule has 3 aromatic carbocycles. The number of rotatable bonds is 4. The number of cyclic esters (lactones) is 1. The number of nitrogens with one attached hydrogen (secondary N) is 2. The minimum atomic E-state index is -0.541. The van der Waals surface area contributed by atoms with Gasteiger partial charge in [-0.2, -0.15) is 0 Å². The summed E-state index contributed by atoms with van der Waals surface area (Å²) in [6.45, 7) is 1.42. The maximum Gasteiger partial charge on any atom is 0.339 e. The lowest BCUT2D eigenvalue weighted by Crippen LogP contribution is -2.23. The van der Waals surface area contributed by atoms with Crippen molar-refractivity contribution < 1.29 is 23.5 Å². The molecule has 1 aliphatic rings. The number of hydrogen-bond acceptors (Lipinski definition) is 4. The summed E-state index contributed by atoms with van der Waals surface area (Å²) >= 11 is 0. The number of amides is 2. The Balaban J connectivity index is 1.51. The van der Waals surface area contributed by atoms with Crippen LogP contribution in [0.25, 0.3) is 0 Å². The predicted octanol–water partition coefficient (Wildman–Crippen LogP) is 4.49. The second kappa shape index (κ2) is 8.39. The van der Waals surface area contributed by atoms with Crippen LogP contribution in [0.1, 0.15) is 44.9 Å². The number of hydrogen-bond donors (Lipinski definition) is 2. The maximum atomic E-state index is 13.2. The summed E-state index contributed by atoms with van der Waals surface area (Å²) in [6, 6.07) is 17.4. The lowest BCUT2D eigenvalue weighted by Gasteiger charge is -2.25. The van der Waals surface area contributed by atoms with Gasteiger partial charge in [0.2, 0.25) is 5.91 Å². The molecule has 0 saturated heterocycles. The first-order chi connectivity index (χ1) is 14.9. The predicted molar refractivity (Wildman–Crippen MR) is 113 cm³/mol. The van der Waals surface area contributed by atoms with Gasteiger partial charge in [-0.1, -0.05) is 12.1 Å². The summed E-state index contributed by atoms with van der Waals surface area (Å²) in [5, 5.41) is 5.46. The van der Waals surface area contributed by atoms with E-state index in [9.17, 15) is 18.8 Å². The van der Waals surface area contributed by atoms with Crippen molar-refractivity contribution >= 4 is 29.2 Å². The first-order valence-corrected chi connectivity index (χ1v) is 9.67. The van der Waals surface area contributed by atoms with E-state index in [1.165, 1.54) is 19.1 Å². The Labute approximate surface area is 178 Å². The molecule has 7 heteroatoms. The van der Waals surface area contributed by atoms with Gasteiger partial charge < -0.3 is 15.4 Å². The second-order valence-corrected chi connectivity index (χ2v) is 7.23. The van der Waals surface area contributed by atoms with E-state index in [4.69, 9.17) is 4.74 Å². The molecule has 1 heterocycles. The van der Waals surface area contributed by atoms with Gasteiger partial charge in [-0.3, -0.25) is 9.59 Å². The average molecular weight is 418 g/mol. The van der Waals surface area contributed by atoms with Crippen LogP contribution in [-0.2, 0) is 16.0 Å². The molecule has 0 unspecified atom stereocenters. The third-order valence-electron chi connectivity index (χ3n) is 4.95. The van der Waals surface area contributed by atoms with E-state index in [0.29, 0.717) is 40.0 Å². The third-order valence-corrected chi connectivity index (χ3v) is 4.95. The number of benzene rings is 3. The fraction of sp³-hybridized carbons (Fsp3) is 0.125. The first kappa shape index (κ1) is 20.3. The van der Waals surface area contributed by atoms with Crippen molar-refractivity contribution in [2.75, 3.05) is 10.6 Å². The van der Waals surface area contributed by atoms with Gasteiger partial charge >= 0.3 is 5.97 Å². The number of fused-ring (bicyclic) bond motifs is 1. The molecule has 2 amide bonds. The summed E-state index contributed by atoms with van der Waals surface area (Å²) in [4.78, 5) is 36.2. The molecule has 0 fully saturated rings. The maximum absolute atomic E-state index is 13.2. The first-order valence-electron chi connectivity index (χ1n) is 9.67. The molecule has 0 spiro atoms. The molecule has 6 nitrogen and oxygen atoms in total.